The van der Waals surface area contributed by atoms with Crippen molar-refractivity contribution in [3.05, 3.63) is 56.5 Å². The number of benzene rings is 2. The molecule has 0 aliphatic heterocycles. The van der Waals surface area contributed by atoms with Crippen LogP contribution in [0.4, 0.5) is 8.78 Å². The molecule has 0 heterocycles. The van der Waals surface area contributed by atoms with Crippen LogP contribution in [-0.2, 0) is 0 Å². The normalized spacial score (nSPS) is 11.5. The van der Waals surface area contributed by atoms with E-state index in [2.05, 4.69) is 37.0 Å². The molecule has 2 aromatic rings. The van der Waals surface area contributed by atoms with Crippen LogP contribution >= 0.6 is 31.9 Å². The third-order valence-corrected chi connectivity index (χ3v) is 3.46. The zero-order valence-corrected chi connectivity index (χ0v) is 13.5. The Labute approximate surface area is 135 Å². The van der Waals surface area contributed by atoms with Gasteiger partial charge in [0.2, 0.25) is 5.82 Å². The lowest BCUT2D eigenvalue weighted by Crippen LogP contribution is -2.14. The summed E-state index contributed by atoms with van der Waals surface area (Å²) in [5.74, 6) is -2.63. The molecule has 0 amide bonds. The first-order valence-electron chi connectivity index (χ1n) is 5.52. The molecule has 21 heavy (non-hydrogen) atoms. The van der Waals surface area contributed by atoms with E-state index in [9.17, 15) is 8.78 Å². The Kier molecular flexibility index (Phi) is 4.79. The molecule has 4 nitrogen and oxygen atoms in total. The Morgan fingerprint density at radius 1 is 1.10 bits per heavy atom. The number of rotatable bonds is 3. The molecule has 0 atom stereocenters. The van der Waals surface area contributed by atoms with Crippen LogP contribution in [0.5, 0.6) is 11.5 Å². The fourth-order valence-corrected chi connectivity index (χ4v) is 2.32. The Balaban J connectivity index is 2.51. The standard InChI is InChI=1S/C13H8Br2F2N2O2/c14-6-1-2-8(13(18)19-20)10(4-6)21-11-5-7(15)3-9(16)12(11)17/h1-5,20H,(H2,18,19). The van der Waals surface area contributed by atoms with Crippen molar-refractivity contribution in [2.24, 2.45) is 10.9 Å². The van der Waals surface area contributed by atoms with Gasteiger partial charge in [0.05, 0.1) is 5.56 Å². The van der Waals surface area contributed by atoms with Crippen molar-refractivity contribution in [3.63, 3.8) is 0 Å². The predicted octanol–water partition coefficient (Wildman–Crippen LogP) is 4.38. The summed E-state index contributed by atoms with van der Waals surface area (Å²) in [5, 5.41) is 11.6. The summed E-state index contributed by atoms with van der Waals surface area (Å²) >= 11 is 6.28. The van der Waals surface area contributed by atoms with Gasteiger partial charge >= 0.3 is 0 Å². The lowest BCUT2D eigenvalue weighted by atomic mass is 10.2. The van der Waals surface area contributed by atoms with Gasteiger partial charge in [-0.1, -0.05) is 37.0 Å². The van der Waals surface area contributed by atoms with Crippen LogP contribution in [-0.4, -0.2) is 11.0 Å². The molecule has 0 saturated heterocycles. The van der Waals surface area contributed by atoms with Crippen molar-refractivity contribution >= 4 is 37.7 Å². The maximum absolute atomic E-state index is 13.7. The van der Waals surface area contributed by atoms with Crippen molar-refractivity contribution in [3.8, 4) is 11.5 Å². The van der Waals surface area contributed by atoms with Gasteiger partial charge in [-0.3, -0.25) is 0 Å². The van der Waals surface area contributed by atoms with Gasteiger partial charge < -0.3 is 15.7 Å². The molecule has 2 rings (SSSR count). The minimum absolute atomic E-state index is 0.107. The summed E-state index contributed by atoms with van der Waals surface area (Å²) in [6.45, 7) is 0. The molecule has 8 heteroatoms. The summed E-state index contributed by atoms with van der Waals surface area (Å²) in [7, 11) is 0. The highest BCUT2D eigenvalue weighted by atomic mass is 79.9. The van der Waals surface area contributed by atoms with Gasteiger partial charge in [0.1, 0.15) is 5.75 Å². The highest BCUT2D eigenvalue weighted by Crippen LogP contribution is 2.33. The summed E-state index contributed by atoms with van der Waals surface area (Å²) in [6, 6.07) is 6.90. The van der Waals surface area contributed by atoms with Crippen LogP contribution in [0, 0.1) is 11.6 Å². The van der Waals surface area contributed by atoms with Crippen molar-refractivity contribution in [2.45, 2.75) is 0 Å². The summed E-state index contributed by atoms with van der Waals surface area (Å²) in [6.07, 6.45) is 0. The molecule has 0 saturated carbocycles. The molecule has 0 spiro atoms. The molecule has 0 aromatic heterocycles. The molecule has 2 aromatic carbocycles. The fourth-order valence-electron chi connectivity index (χ4n) is 1.57. The minimum Gasteiger partial charge on any atom is -0.453 e. The lowest BCUT2D eigenvalue weighted by Gasteiger charge is -2.12. The van der Waals surface area contributed by atoms with Gasteiger partial charge in [0, 0.05) is 8.95 Å². The second kappa shape index (κ2) is 6.40. The Morgan fingerprint density at radius 2 is 1.76 bits per heavy atom. The smallest absolute Gasteiger partial charge is 0.201 e. The van der Waals surface area contributed by atoms with E-state index in [-0.39, 0.29) is 22.9 Å². The van der Waals surface area contributed by atoms with Crippen molar-refractivity contribution < 1.29 is 18.7 Å². The number of oxime groups is 1. The summed E-state index contributed by atoms with van der Waals surface area (Å²) in [5.41, 5.74) is 5.76. The minimum atomic E-state index is -1.14. The molecular weight excluding hydrogens is 414 g/mol. The number of hydrogen-bond donors (Lipinski definition) is 2. The average Bonchev–Trinajstić information content (AvgIpc) is 2.43. The molecule has 0 radical (unpaired) electrons. The van der Waals surface area contributed by atoms with Gasteiger partial charge in [0.15, 0.2) is 17.4 Å². The molecule has 3 N–H and O–H groups in total. The second-order valence-electron chi connectivity index (χ2n) is 3.93. The van der Waals surface area contributed by atoms with Crippen LogP contribution in [0.3, 0.4) is 0 Å². The lowest BCUT2D eigenvalue weighted by molar-refractivity contribution is 0.318. The van der Waals surface area contributed by atoms with Gasteiger partial charge in [-0.25, -0.2) is 4.39 Å². The first kappa shape index (κ1) is 15.7. The topological polar surface area (TPSA) is 67.8 Å². The van der Waals surface area contributed by atoms with E-state index in [1.165, 1.54) is 18.2 Å². The number of halogens is 4. The van der Waals surface area contributed by atoms with Gasteiger partial charge in [0.25, 0.3) is 0 Å². The Bertz CT molecular complexity index is 724. The maximum Gasteiger partial charge on any atom is 0.201 e. The highest BCUT2D eigenvalue weighted by Gasteiger charge is 2.16. The highest BCUT2D eigenvalue weighted by molar-refractivity contribution is 9.10. The van der Waals surface area contributed by atoms with E-state index < -0.39 is 11.6 Å². The fraction of sp³-hybridized carbons (Fsp3) is 0. The number of nitrogens with two attached hydrogens (primary N) is 1. The first-order valence-corrected chi connectivity index (χ1v) is 7.11. The molecule has 0 aliphatic rings. The van der Waals surface area contributed by atoms with E-state index in [0.717, 1.165) is 6.07 Å². The zero-order chi connectivity index (χ0) is 15.6. The molecular formula is C13H8Br2F2N2O2. The molecule has 0 bridgehead atoms. The number of nitrogens with zero attached hydrogens (tertiary/aromatic N) is 1. The van der Waals surface area contributed by atoms with Crippen molar-refractivity contribution in [1.82, 2.24) is 0 Å². The summed E-state index contributed by atoms with van der Waals surface area (Å²) < 4.78 is 33.4. The van der Waals surface area contributed by atoms with E-state index in [4.69, 9.17) is 15.7 Å². The predicted molar refractivity (Wildman–Crippen MR) is 80.8 cm³/mol. The molecule has 0 unspecified atom stereocenters. The zero-order valence-electron chi connectivity index (χ0n) is 10.3. The van der Waals surface area contributed by atoms with Crippen LogP contribution < -0.4 is 10.5 Å². The van der Waals surface area contributed by atoms with Crippen LogP contribution in [0.1, 0.15) is 5.56 Å². The van der Waals surface area contributed by atoms with Gasteiger partial charge in [-0.2, -0.15) is 4.39 Å². The number of ether oxygens (including phenoxy) is 1. The third kappa shape index (κ3) is 3.51. The summed E-state index contributed by atoms with van der Waals surface area (Å²) in [4.78, 5) is 0. The van der Waals surface area contributed by atoms with E-state index in [1.54, 1.807) is 6.07 Å². The Hall–Kier alpha value is -1.67. The second-order valence-corrected chi connectivity index (χ2v) is 5.76. The van der Waals surface area contributed by atoms with E-state index in [0.29, 0.717) is 8.95 Å². The first-order chi connectivity index (χ1) is 9.92. The van der Waals surface area contributed by atoms with Crippen molar-refractivity contribution in [1.29, 1.82) is 0 Å². The molecule has 0 aliphatic carbocycles. The SMILES string of the molecule is N/C(=N/O)c1ccc(Br)cc1Oc1cc(Br)cc(F)c1F. The molecule has 0 fully saturated rings. The molecule has 110 valence electrons. The monoisotopic (exact) mass is 420 g/mol. The van der Waals surface area contributed by atoms with E-state index in [1.807, 2.05) is 0 Å². The van der Waals surface area contributed by atoms with Gasteiger partial charge in [-0.15, -0.1) is 0 Å². The average molecular weight is 422 g/mol. The van der Waals surface area contributed by atoms with Gasteiger partial charge in [-0.05, 0) is 30.3 Å². The Morgan fingerprint density at radius 3 is 2.43 bits per heavy atom. The third-order valence-electron chi connectivity index (χ3n) is 2.51. The number of hydrogen-bond acceptors (Lipinski definition) is 3. The van der Waals surface area contributed by atoms with Crippen LogP contribution in [0.25, 0.3) is 0 Å². The van der Waals surface area contributed by atoms with Crippen molar-refractivity contribution in [2.75, 3.05) is 0 Å². The number of amidine groups is 1. The van der Waals surface area contributed by atoms with Crippen LogP contribution in [0.2, 0.25) is 0 Å². The largest absolute Gasteiger partial charge is 0.453 e. The maximum atomic E-state index is 13.7. The van der Waals surface area contributed by atoms with Crippen LogP contribution in [0.15, 0.2) is 44.4 Å². The quantitative estimate of drug-likeness (QED) is 0.254. The van der Waals surface area contributed by atoms with E-state index >= 15 is 0 Å².